The van der Waals surface area contributed by atoms with Gasteiger partial charge in [0.25, 0.3) is 0 Å². The minimum atomic E-state index is 0.418. The number of aryl methyl sites for hydroxylation is 1. The molecule has 6 heteroatoms. The molecule has 0 atom stereocenters. The maximum atomic E-state index is 5.78. The zero-order valence-electron chi connectivity index (χ0n) is 13.6. The van der Waals surface area contributed by atoms with Crippen molar-refractivity contribution < 1.29 is 9.47 Å². The molecule has 23 heavy (non-hydrogen) atoms. The van der Waals surface area contributed by atoms with Gasteiger partial charge < -0.3 is 19.7 Å². The zero-order valence-corrected chi connectivity index (χ0v) is 13.6. The lowest BCUT2D eigenvalue weighted by molar-refractivity contribution is 0.279. The summed E-state index contributed by atoms with van der Waals surface area (Å²) in [6.07, 6.45) is 0. The van der Waals surface area contributed by atoms with Gasteiger partial charge in [-0.3, -0.25) is 0 Å². The van der Waals surface area contributed by atoms with Gasteiger partial charge in [0.15, 0.2) is 0 Å². The summed E-state index contributed by atoms with van der Waals surface area (Å²) in [4.78, 5) is 11.2. The van der Waals surface area contributed by atoms with Crippen molar-refractivity contribution in [3.63, 3.8) is 0 Å². The van der Waals surface area contributed by atoms with Gasteiger partial charge in [0, 0.05) is 37.9 Å². The second-order valence-electron chi connectivity index (χ2n) is 5.53. The van der Waals surface area contributed by atoms with Crippen LogP contribution in [-0.2, 0) is 6.61 Å². The maximum Gasteiger partial charge on any atom is 0.318 e. The second kappa shape index (κ2) is 7.28. The van der Waals surface area contributed by atoms with Crippen LogP contribution in [0.2, 0.25) is 0 Å². The van der Waals surface area contributed by atoms with E-state index in [0.717, 1.165) is 49.0 Å². The molecule has 0 bridgehead atoms. The Morgan fingerprint density at radius 1 is 1.17 bits per heavy atom. The SMILES string of the molecule is COc1cccc(COc2nc(C)cc(N3CCNCC3)n2)c1. The van der Waals surface area contributed by atoms with Gasteiger partial charge in [-0.05, 0) is 24.6 Å². The summed E-state index contributed by atoms with van der Waals surface area (Å²) < 4.78 is 11.0. The molecule has 0 saturated carbocycles. The van der Waals surface area contributed by atoms with E-state index in [2.05, 4.69) is 20.2 Å². The summed E-state index contributed by atoms with van der Waals surface area (Å²) in [6.45, 7) is 6.23. The van der Waals surface area contributed by atoms with Crippen LogP contribution in [0.1, 0.15) is 11.3 Å². The zero-order chi connectivity index (χ0) is 16.1. The van der Waals surface area contributed by atoms with Gasteiger partial charge in [0.1, 0.15) is 18.2 Å². The van der Waals surface area contributed by atoms with E-state index in [1.165, 1.54) is 0 Å². The Kier molecular flexibility index (Phi) is 4.92. The van der Waals surface area contributed by atoms with Crippen molar-refractivity contribution in [1.82, 2.24) is 15.3 Å². The Labute approximate surface area is 136 Å². The van der Waals surface area contributed by atoms with Gasteiger partial charge in [0.05, 0.1) is 7.11 Å². The van der Waals surface area contributed by atoms with Gasteiger partial charge in [-0.1, -0.05) is 12.1 Å². The van der Waals surface area contributed by atoms with Crippen LogP contribution in [-0.4, -0.2) is 43.3 Å². The standard InChI is InChI=1S/C17H22N4O2/c1-13-10-16(21-8-6-18-7-9-21)20-17(19-13)23-12-14-4-3-5-15(11-14)22-2/h3-5,10-11,18H,6-9,12H2,1-2H3. The van der Waals surface area contributed by atoms with Crippen molar-refractivity contribution >= 4 is 5.82 Å². The lowest BCUT2D eigenvalue weighted by atomic mass is 10.2. The average Bonchev–Trinajstić information content (AvgIpc) is 2.60. The van der Waals surface area contributed by atoms with Gasteiger partial charge in [-0.15, -0.1) is 0 Å². The fourth-order valence-electron chi connectivity index (χ4n) is 2.56. The van der Waals surface area contributed by atoms with Gasteiger partial charge in [-0.25, -0.2) is 4.98 Å². The van der Waals surface area contributed by atoms with E-state index in [-0.39, 0.29) is 0 Å². The van der Waals surface area contributed by atoms with E-state index in [1.54, 1.807) is 7.11 Å². The highest BCUT2D eigenvalue weighted by atomic mass is 16.5. The molecule has 1 N–H and O–H groups in total. The number of hydrogen-bond acceptors (Lipinski definition) is 6. The quantitative estimate of drug-likeness (QED) is 0.908. The molecule has 2 aromatic rings. The molecule has 0 aliphatic carbocycles. The van der Waals surface area contributed by atoms with Crippen LogP contribution in [0.25, 0.3) is 0 Å². The Morgan fingerprint density at radius 2 is 2.00 bits per heavy atom. The van der Waals surface area contributed by atoms with Crippen LogP contribution in [0, 0.1) is 6.92 Å². The third-order valence-electron chi connectivity index (χ3n) is 3.76. The van der Waals surface area contributed by atoms with Crippen molar-refractivity contribution in [2.24, 2.45) is 0 Å². The van der Waals surface area contributed by atoms with Gasteiger partial charge in [-0.2, -0.15) is 4.98 Å². The first-order chi connectivity index (χ1) is 11.2. The van der Waals surface area contributed by atoms with Crippen LogP contribution in [0.5, 0.6) is 11.8 Å². The predicted octanol–water partition coefficient (Wildman–Crippen LogP) is 1.78. The first-order valence-electron chi connectivity index (χ1n) is 7.82. The lowest BCUT2D eigenvalue weighted by Gasteiger charge is -2.28. The summed E-state index contributed by atoms with van der Waals surface area (Å²) in [5, 5.41) is 3.34. The van der Waals surface area contributed by atoms with Crippen molar-refractivity contribution in [2.45, 2.75) is 13.5 Å². The molecule has 0 amide bonds. The predicted molar refractivity (Wildman–Crippen MR) is 89.2 cm³/mol. The number of nitrogens with one attached hydrogen (secondary N) is 1. The van der Waals surface area contributed by atoms with Crippen molar-refractivity contribution in [1.29, 1.82) is 0 Å². The molecule has 0 spiro atoms. The maximum absolute atomic E-state index is 5.78. The molecule has 0 unspecified atom stereocenters. The van der Waals surface area contributed by atoms with Crippen LogP contribution in [0.15, 0.2) is 30.3 Å². The number of hydrogen-bond donors (Lipinski definition) is 1. The molecule has 1 aromatic carbocycles. The topological polar surface area (TPSA) is 59.5 Å². The highest BCUT2D eigenvalue weighted by Gasteiger charge is 2.14. The highest BCUT2D eigenvalue weighted by molar-refractivity contribution is 5.41. The van der Waals surface area contributed by atoms with Gasteiger partial charge >= 0.3 is 6.01 Å². The van der Waals surface area contributed by atoms with Crippen LogP contribution in [0.3, 0.4) is 0 Å². The third-order valence-corrected chi connectivity index (χ3v) is 3.76. The number of benzene rings is 1. The van der Waals surface area contributed by atoms with E-state index >= 15 is 0 Å². The highest BCUT2D eigenvalue weighted by Crippen LogP contribution is 2.18. The number of ether oxygens (including phenoxy) is 2. The van der Waals surface area contributed by atoms with Crippen molar-refractivity contribution in [3.8, 4) is 11.8 Å². The first-order valence-corrected chi connectivity index (χ1v) is 7.82. The van der Waals surface area contributed by atoms with Crippen molar-refractivity contribution in [3.05, 3.63) is 41.6 Å². The molecule has 6 nitrogen and oxygen atoms in total. The first kappa shape index (κ1) is 15.6. The largest absolute Gasteiger partial charge is 0.497 e. The molecule has 2 heterocycles. The summed E-state index contributed by atoms with van der Waals surface area (Å²) >= 11 is 0. The third kappa shape index (κ3) is 4.10. The van der Waals surface area contributed by atoms with Gasteiger partial charge in [0.2, 0.25) is 0 Å². The number of methoxy groups -OCH3 is 1. The molecule has 3 rings (SSSR count). The number of piperazine rings is 1. The fraction of sp³-hybridized carbons (Fsp3) is 0.412. The van der Waals surface area contributed by atoms with E-state index in [4.69, 9.17) is 9.47 Å². The Morgan fingerprint density at radius 3 is 2.78 bits per heavy atom. The van der Waals surface area contributed by atoms with Crippen LogP contribution < -0.4 is 19.7 Å². The molecule has 0 radical (unpaired) electrons. The molecular formula is C17H22N4O2. The second-order valence-corrected chi connectivity index (χ2v) is 5.53. The van der Waals surface area contributed by atoms with E-state index in [0.29, 0.717) is 12.6 Å². The Balaban J connectivity index is 1.70. The summed E-state index contributed by atoms with van der Waals surface area (Å²) in [5.41, 5.74) is 1.94. The molecule has 1 saturated heterocycles. The molecule has 1 fully saturated rings. The summed E-state index contributed by atoms with van der Waals surface area (Å²) in [7, 11) is 1.66. The van der Waals surface area contributed by atoms with Crippen molar-refractivity contribution in [2.75, 3.05) is 38.2 Å². The number of anilines is 1. The smallest absolute Gasteiger partial charge is 0.318 e. The number of nitrogens with zero attached hydrogens (tertiary/aromatic N) is 3. The summed E-state index contributed by atoms with van der Waals surface area (Å²) in [5.74, 6) is 1.75. The fourth-order valence-corrected chi connectivity index (χ4v) is 2.56. The lowest BCUT2D eigenvalue weighted by Crippen LogP contribution is -2.44. The molecular weight excluding hydrogens is 292 g/mol. The number of rotatable bonds is 5. The number of aromatic nitrogens is 2. The van der Waals surface area contributed by atoms with Crippen LogP contribution in [0.4, 0.5) is 5.82 Å². The Hall–Kier alpha value is -2.34. The van der Waals surface area contributed by atoms with E-state index in [9.17, 15) is 0 Å². The molecule has 1 aliphatic heterocycles. The van der Waals surface area contributed by atoms with E-state index < -0.39 is 0 Å². The average molecular weight is 314 g/mol. The molecule has 1 aromatic heterocycles. The Bertz CT molecular complexity index is 657. The molecule has 122 valence electrons. The van der Waals surface area contributed by atoms with E-state index in [1.807, 2.05) is 37.3 Å². The monoisotopic (exact) mass is 314 g/mol. The summed E-state index contributed by atoms with van der Waals surface area (Å²) in [6, 6.07) is 10.2. The minimum Gasteiger partial charge on any atom is -0.497 e. The molecule has 1 aliphatic rings. The minimum absolute atomic E-state index is 0.418. The normalized spacial score (nSPS) is 14.6. The van der Waals surface area contributed by atoms with Crippen LogP contribution >= 0.6 is 0 Å².